The first-order chi connectivity index (χ1) is 14.1. The van der Waals surface area contributed by atoms with Crippen molar-refractivity contribution >= 4 is 28.9 Å². The van der Waals surface area contributed by atoms with Gasteiger partial charge in [-0.15, -0.1) is 0 Å². The minimum absolute atomic E-state index is 0.0686. The fourth-order valence-electron chi connectivity index (χ4n) is 3.31. The minimum atomic E-state index is -4.66. The molecule has 0 atom stereocenters. The Morgan fingerprint density at radius 3 is 2.43 bits per heavy atom. The predicted molar refractivity (Wildman–Crippen MR) is 108 cm³/mol. The molecule has 9 heteroatoms. The van der Waals surface area contributed by atoms with Gasteiger partial charge in [-0.3, -0.25) is 9.79 Å². The molecule has 2 aromatic carbocycles. The third-order valence-corrected chi connectivity index (χ3v) is 5.30. The second kappa shape index (κ2) is 8.47. The Labute approximate surface area is 175 Å². The largest absolute Gasteiger partial charge is 0.417 e. The number of alkyl halides is 3. The lowest BCUT2D eigenvalue weighted by atomic mass is 9.95. The van der Waals surface area contributed by atoms with Crippen molar-refractivity contribution in [2.24, 2.45) is 10.7 Å². The highest BCUT2D eigenvalue weighted by Crippen LogP contribution is 2.37. The summed E-state index contributed by atoms with van der Waals surface area (Å²) in [5.74, 6) is -1.01. The van der Waals surface area contributed by atoms with Gasteiger partial charge in [0.1, 0.15) is 5.82 Å². The average molecular weight is 440 g/mol. The van der Waals surface area contributed by atoms with Crippen molar-refractivity contribution in [3.8, 4) is 0 Å². The fourth-order valence-corrected chi connectivity index (χ4v) is 3.62. The second-order valence-electron chi connectivity index (χ2n) is 6.71. The van der Waals surface area contributed by atoms with Gasteiger partial charge in [0, 0.05) is 24.9 Å². The van der Waals surface area contributed by atoms with Crippen LogP contribution in [0.3, 0.4) is 0 Å². The molecule has 158 valence electrons. The first-order valence-corrected chi connectivity index (χ1v) is 9.37. The van der Waals surface area contributed by atoms with Crippen molar-refractivity contribution in [2.45, 2.75) is 12.6 Å². The number of hydrogen-bond acceptors (Lipinski definition) is 3. The molecule has 1 aliphatic rings. The summed E-state index contributed by atoms with van der Waals surface area (Å²) in [6.07, 6.45) is -4.32. The average Bonchev–Trinajstić information content (AvgIpc) is 2.72. The number of benzene rings is 2. The van der Waals surface area contributed by atoms with Crippen LogP contribution in [0.25, 0.3) is 5.70 Å². The van der Waals surface area contributed by atoms with E-state index in [-0.39, 0.29) is 24.5 Å². The summed E-state index contributed by atoms with van der Waals surface area (Å²) in [6.45, 7) is 0.292. The number of amides is 1. The number of halogens is 5. The maximum Gasteiger partial charge on any atom is 0.417 e. The van der Waals surface area contributed by atoms with E-state index in [1.54, 1.807) is 19.2 Å². The third kappa shape index (κ3) is 4.33. The van der Waals surface area contributed by atoms with Gasteiger partial charge < -0.3 is 10.6 Å². The van der Waals surface area contributed by atoms with Gasteiger partial charge in [-0.25, -0.2) is 4.39 Å². The van der Waals surface area contributed by atoms with Crippen molar-refractivity contribution in [3.63, 3.8) is 0 Å². The lowest BCUT2D eigenvalue weighted by molar-refractivity contribution is -0.137. The highest BCUT2D eigenvalue weighted by atomic mass is 35.5. The van der Waals surface area contributed by atoms with Crippen LogP contribution in [0.2, 0.25) is 5.02 Å². The van der Waals surface area contributed by atoms with Crippen molar-refractivity contribution in [3.05, 3.63) is 75.6 Å². The molecule has 0 spiro atoms. The molecule has 1 amide bonds. The molecule has 0 bridgehead atoms. The van der Waals surface area contributed by atoms with Gasteiger partial charge in [0.2, 0.25) is 0 Å². The molecule has 1 aliphatic heterocycles. The summed E-state index contributed by atoms with van der Waals surface area (Å²) in [6, 6.07) is 8.92. The van der Waals surface area contributed by atoms with Gasteiger partial charge in [-0.2, -0.15) is 13.2 Å². The summed E-state index contributed by atoms with van der Waals surface area (Å²) in [7, 11) is 1.54. The van der Waals surface area contributed by atoms with E-state index >= 15 is 0 Å². The summed E-state index contributed by atoms with van der Waals surface area (Å²) in [4.78, 5) is 18.5. The Kier molecular flexibility index (Phi) is 6.17. The SMILES string of the molecule is CN=C1CN(C(=O)c2cccc(C(F)(F)F)c2Cl)CCC1=C(N)c1ccc(F)cc1. The number of nitrogens with two attached hydrogens (primary N) is 1. The quantitative estimate of drug-likeness (QED) is 0.684. The molecule has 0 aromatic heterocycles. The Balaban J connectivity index is 1.88. The van der Waals surface area contributed by atoms with E-state index in [9.17, 15) is 22.4 Å². The van der Waals surface area contributed by atoms with Crippen LogP contribution in [0.15, 0.2) is 53.0 Å². The van der Waals surface area contributed by atoms with E-state index < -0.39 is 22.7 Å². The number of carbonyl (C=O) groups excluding carboxylic acids is 1. The smallest absolute Gasteiger partial charge is 0.398 e. The molecule has 0 radical (unpaired) electrons. The van der Waals surface area contributed by atoms with Crippen molar-refractivity contribution < 1.29 is 22.4 Å². The molecular formula is C21H18ClF4N3O. The van der Waals surface area contributed by atoms with Crippen LogP contribution in [0, 0.1) is 5.82 Å². The molecule has 1 saturated heterocycles. The zero-order chi connectivity index (χ0) is 22.1. The molecule has 1 heterocycles. The fraction of sp³-hybridized carbons (Fsp3) is 0.238. The van der Waals surface area contributed by atoms with Gasteiger partial charge in [-0.1, -0.05) is 17.7 Å². The van der Waals surface area contributed by atoms with Gasteiger partial charge in [-0.05, 0) is 48.4 Å². The van der Waals surface area contributed by atoms with Crippen molar-refractivity contribution in [1.29, 1.82) is 0 Å². The molecule has 0 unspecified atom stereocenters. The minimum Gasteiger partial charge on any atom is -0.398 e. The Morgan fingerprint density at radius 2 is 1.83 bits per heavy atom. The summed E-state index contributed by atoms with van der Waals surface area (Å²) in [5.41, 5.74) is 7.23. The van der Waals surface area contributed by atoms with E-state index in [0.717, 1.165) is 12.1 Å². The van der Waals surface area contributed by atoms with E-state index in [2.05, 4.69) is 4.99 Å². The number of hydrogen-bond donors (Lipinski definition) is 1. The maximum absolute atomic E-state index is 13.2. The normalized spacial score (nSPS) is 17.9. The van der Waals surface area contributed by atoms with Crippen LogP contribution in [0.1, 0.15) is 27.9 Å². The Bertz CT molecular complexity index is 1030. The highest BCUT2D eigenvalue weighted by Gasteiger charge is 2.36. The number of likely N-dealkylation sites (tertiary alicyclic amines) is 1. The van der Waals surface area contributed by atoms with Crippen LogP contribution in [0.5, 0.6) is 0 Å². The van der Waals surface area contributed by atoms with Crippen LogP contribution < -0.4 is 5.73 Å². The molecule has 4 nitrogen and oxygen atoms in total. The van der Waals surface area contributed by atoms with E-state index in [1.807, 2.05) is 0 Å². The first-order valence-electron chi connectivity index (χ1n) is 8.99. The molecule has 0 saturated carbocycles. The number of rotatable bonds is 2. The zero-order valence-corrected chi connectivity index (χ0v) is 16.7. The summed E-state index contributed by atoms with van der Waals surface area (Å²) >= 11 is 5.89. The molecular weight excluding hydrogens is 422 g/mol. The van der Waals surface area contributed by atoms with Crippen LogP contribution in [-0.4, -0.2) is 36.7 Å². The summed E-state index contributed by atoms with van der Waals surface area (Å²) in [5, 5.41) is -0.628. The van der Waals surface area contributed by atoms with Crippen LogP contribution in [-0.2, 0) is 6.18 Å². The number of aliphatic imine (C=N–C) groups is 1. The van der Waals surface area contributed by atoms with Crippen LogP contribution >= 0.6 is 11.6 Å². The number of nitrogens with zero attached hydrogens (tertiary/aromatic N) is 2. The zero-order valence-electron chi connectivity index (χ0n) is 15.9. The molecule has 1 fully saturated rings. The van der Waals surface area contributed by atoms with Gasteiger partial charge >= 0.3 is 6.18 Å². The van der Waals surface area contributed by atoms with Gasteiger partial charge in [0.25, 0.3) is 5.91 Å². The Hall–Kier alpha value is -2.87. The molecule has 3 rings (SSSR count). The van der Waals surface area contributed by atoms with Gasteiger partial charge in [0.15, 0.2) is 0 Å². The second-order valence-corrected chi connectivity index (χ2v) is 7.09. The predicted octanol–water partition coefficient (Wildman–Crippen LogP) is 4.78. The molecule has 30 heavy (non-hydrogen) atoms. The van der Waals surface area contributed by atoms with Crippen LogP contribution in [0.4, 0.5) is 17.6 Å². The highest BCUT2D eigenvalue weighted by molar-refractivity contribution is 6.34. The first kappa shape index (κ1) is 21.8. The maximum atomic E-state index is 13.2. The third-order valence-electron chi connectivity index (χ3n) is 4.89. The standard InChI is InChI=1S/C21H18ClF4N3O/c1-28-17-11-29(10-9-14(17)19(27)12-5-7-13(23)8-6-12)20(30)15-3-2-4-16(18(15)22)21(24,25)26/h2-8H,9-11,27H2,1H3. The lowest BCUT2D eigenvalue weighted by Crippen LogP contribution is -2.42. The van der Waals surface area contributed by atoms with E-state index in [1.165, 1.54) is 23.1 Å². The van der Waals surface area contributed by atoms with E-state index in [4.69, 9.17) is 17.3 Å². The van der Waals surface area contributed by atoms with Gasteiger partial charge in [0.05, 0.1) is 28.4 Å². The topological polar surface area (TPSA) is 58.7 Å². The Morgan fingerprint density at radius 1 is 1.17 bits per heavy atom. The summed E-state index contributed by atoms with van der Waals surface area (Å²) < 4.78 is 52.5. The van der Waals surface area contributed by atoms with Crippen molar-refractivity contribution in [2.75, 3.05) is 20.1 Å². The molecule has 2 N–H and O–H groups in total. The lowest BCUT2D eigenvalue weighted by Gasteiger charge is -2.31. The monoisotopic (exact) mass is 439 g/mol. The number of carbonyl (C=O) groups is 1. The number of piperidine rings is 1. The molecule has 2 aromatic rings. The van der Waals surface area contributed by atoms with E-state index in [0.29, 0.717) is 29.0 Å². The molecule has 0 aliphatic carbocycles. The van der Waals surface area contributed by atoms with Crippen molar-refractivity contribution in [1.82, 2.24) is 4.90 Å².